The number of hydrogen-bond acceptors (Lipinski definition) is 8. The lowest BCUT2D eigenvalue weighted by atomic mass is 10.0. The van der Waals surface area contributed by atoms with Crippen molar-refractivity contribution in [2.24, 2.45) is 0 Å². The Balaban J connectivity index is 1.76. The zero-order chi connectivity index (χ0) is 29.5. The number of benzene rings is 4. The minimum absolute atomic E-state index is 0.116. The van der Waals surface area contributed by atoms with Gasteiger partial charge in [0.15, 0.2) is 17.3 Å². The van der Waals surface area contributed by atoms with E-state index in [2.05, 4.69) is 0 Å². The highest BCUT2D eigenvalue weighted by molar-refractivity contribution is 7.90. The highest BCUT2D eigenvalue weighted by Crippen LogP contribution is 2.40. The molecule has 0 aliphatic heterocycles. The Kier molecular flexibility index (Phi) is 7.27. The second-order valence-corrected chi connectivity index (χ2v) is 11.3. The summed E-state index contributed by atoms with van der Waals surface area (Å²) in [6.45, 7) is 0. The first-order valence-electron chi connectivity index (χ1n) is 12.6. The van der Waals surface area contributed by atoms with Crippen LogP contribution in [-0.4, -0.2) is 60.7 Å². The molecule has 1 heterocycles. The molecule has 0 N–H and O–H groups in total. The number of ketones is 1. The molecule has 0 unspecified atom stereocenters. The molecule has 0 fully saturated rings. The molecule has 9 nitrogen and oxygen atoms in total. The van der Waals surface area contributed by atoms with Crippen LogP contribution in [-0.2, 0) is 10.0 Å². The number of aromatic nitrogens is 1. The van der Waals surface area contributed by atoms with Crippen molar-refractivity contribution in [3.05, 3.63) is 84.1 Å². The molecular formula is C31H30N2O7S. The van der Waals surface area contributed by atoms with Crippen molar-refractivity contribution in [1.29, 1.82) is 0 Å². The molecule has 0 aliphatic rings. The van der Waals surface area contributed by atoms with Crippen molar-refractivity contribution in [2.45, 2.75) is 4.90 Å². The lowest BCUT2D eigenvalue weighted by Gasteiger charge is -2.17. The van der Waals surface area contributed by atoms with Gasteiger partial charge in [0.25, 0.3) is 10.0 Å². The molecule has 0 saturated heterocycles. The average Bonchev–Trinajstić information content (AvgIpc) is 3.38. The summed E-state index contributed by atoms with van der Waals surface area (Å²) >= 11 is 0. The van der Waals surface area contributed by atoms with E-state index in [0.29, 0.717) is 39.3 Å². The minimum atomic E-state index is -4.17. The van der Waals surface area contributed by atoms with Gasteiger partial charge in [-0.1, -0.05) is 24.3 Å². The normalized spacial score (nSPS) is 11.5. The number of carbonyl (C=O) groups is 1. The van der Waals surface area contributed by atoms with E-state index >= 15 is 0 Å². The van der Waals surface area contributed by atoms with E-state index in [1.54, 1.807) is 48.5 Å². The summed E-state index contributed by atoms with van der Waals surface area (Å²) < 4.78 is 51.5. The summed E-state index contributed by atoms with van der Waals surface area (Å²) in [5.41, 5.74) is 1.63. The Bertz CT molecular complexity index is 1880. The van der Waals surface area contributed by atoms with Crippen LogP contribution in [0.15, 0.2) is 77.8 Å². The maximum absolute atomic E-state index is 14.3. The Morgan fingerprint density at radius 1 is 0.756 bits per heavy atom. The van der Waals surface area contributed by atoms with Crippen molar-refractivity contribution in [1.82, 2.24) is 3.97 Å². The van der Waals surface area contributed by atoms with Crippen LogP contribution in [0, 0.1) is 0 Å². The number of nitrogens with zero attached hydrogens (tertiary/aromatic N) is 2. The highest BCUT2D eigenvalue weighted by Gasteiger charge is 2.28. The van der Waals surface area contributed by atoms with E-state index in [0.717, 1.165) is 15.0 Å². The molecule has 0 bridgehead atoms. The van der Waals surface area contributed by atoms with E-state index in [-0.39, 0.29) is 16.0 Å². The lowest BCUT2D eigenvalue weighted by Crippen LogP contribution is -2.14. The van der Waals surface area contributed by atoms with Crippen LogP contribution >= 0.6 is 0 Å². The molecule has 5 rings (SSSR count). The van der Waals surface area contributed by atoms with E-state index in [1.165, 1.54) is 34.6 Å². The van der Waals surface area contributed by atoms with E-state index in [1.807, 2.05) is 37.2 Å². The lowest BCUT2D eigenvalue weighted by molar-refractivity contribution is 0.103. The van der Waals surface area contributed by atoms with Gasteiger partial charge in [0, 0.05) is 59.3 Å². The number of methoxy groups -OCH3 is 4. The van der Waals surface area contributed by atoms with Gasteiger partial charge in [-0.2, -0.15) is 0 Å². The maximum atomic E-state index is 14.3. The fourth-order valence-electron chi connectivity index (χ4n) is 5.04. The second kappa shape index (κ2) is 10.7. The van der Waals surface area contributed by atoms with Crippen LogP contribution in [0.25, 0.3) is 21.7 Å². The summed E-state index contributed by atoms with van der Waals surface area (Å²) in [7, 11) is 5.54. The zero-order valence-electron chi connectivity index (χ0n) is 23.6. The summed E-state index contributed by atoms with van der Waals surface area (Å²) in [5, 5.41) is 1.81. The summed E-state index contributed by atoms with van der Waals surface area (Å²) in [6.07, 6.45) is 1.36. The highest BCUT2D eigenvalue weighted by atomic mass is 32.2. The largest absolute Gasteiger partial charge is 0.497 e. The Morgan fingerprint density at radius 3 is 2.02 bits per heavy atom. The van der Waals surface area contributed by atoms with Crippen LogP contribution in [0.3, 0.4) is 0 Å². The van der Waals surface area contributed by atoms with Crippen molar-refractivity contribution in [2.75, 3.05) is 47.4 Å². The molecule has 0 atom stereocenters. The average molecular weight is 575 g/mol. The topological polar surface area (TPSA) is 96.3 Å². The zero-order valence-corrected chi connectivity index (χ0v) is 24.4. The quantitative estimate of drug-likeness (QED) is 0.217. The first-order valence-corrected chi connectivity index (χ1v) is 14.1. The summed E-state index contributed by atoms with van der Waals surface area (Å²) in [5.74, 6) is 0.989. The van der Waals surface area contributed by atoms with E-state index < -0.39 is 15.8 Å². The number of carbonyl (C=O) groups excluding carboxylic acids is 1. The monoisotopic (exact) mass is 574 g/mol. The van der Waals surface area contributed by atoms with Crippen molar-refractivity contribution in [3.63, 3.8) is 0 Å². The first-order chi connectivity index (χ1) is 19.7. The molecule has 1 aromatic heterocycles. The minimum Gasteiger partial charge on any atom is -0.497 e. The number of hydrogen-bond donors (Lipinski definition) is 0. The van der Waals surface area contributed by atoms with Crippen LogP contribution in [0.2, 0.25) is 0 Å². The molecule has 10 heteroatoms. The molecule has 4 aromatic carbocycles. The molecule has 5 aromatic rings. The van der Waals surface area contributed by atoms with Gasteiger partial charge in [-0.3, -0.25) is 4.79 Å². The van der Waals surface area contributed by atoms with Crippen LogP contribution in [0.4, 0.5) is 5.69 Å². The molecule has 0 saturated carbocycles. The van der Waals surface area contributed by atoms with Gasteiger partial charge in [-0.15, -0.1) is 0 Å². The first kappa shape index (κ1) is 27.9. The van der Waals surface area contributed by atoms with Crippen molar-refractivity contribution in [3.8, 4) is 23.0 Å². The van der Waals surface area contributed by atoms with E-state index in [4.69, 9.17) is 18.9 Å². The summed E-state index contributed by atoms with van der Waals surface area (Å²) in [6, 6.07) is 18.8. The fourth-order valence-corrected chi connectivity index (χ4v) is 6.61. The Labute approximate surface area is 238 Å². The van der Waals surface area contributed by atoms with Gasteiger partial charge in [-0.25, -0.2) is 12.4 Å². The molecule has 41 heavy (non-hydrogen) atoms. The van der Waals surface area contributed by atoms with Crippen LogP contribution in [0.5, 0.6) is 23.0 Å². The van der Waals surface area contributed by atoms with Gasteiger partial charge in [0.2, 0.25) is 5.75 Å². The third-order valence-corrected chi connectivity index (χ3v) is 8.76. The van der Waals surface area contributed by atoms with Gasteiger partial charge in [0.1, 0.15) is 5.75 Å². The van der Waals surface area contributed by atoms with Gasteiger partial charge in [-0.05, 0) is 36.4 Å². The number of rotatable bonds is 9. The summed E-state index contributed by atoms with van der Waals surface area (Å²) in [4.78, 5) is 16.0. The van der Waals surface area contributed by atoms with Crippen LogP contribution in [0.1, 0.15) is 15.9 Å². The standard InChI is InChI=1S/C31H30N2O7S/c1-32(2)25-11-7-10-23-21(25)9-8-12-29(23)41(35,36)33-18-24(22-14-13-20(37-3)17-26(22)33)30(34)19-15-27(38-4)31(40-6)28(16-19)39-5/h7-18H,1-6H3. The Morgan fingerprint density at radius 2 is 1.41 bits per heavy atom. The molecule has 0 spiro atoms. The predicted molar refractivity (Wildman–Crippen MR) is 159 cm³/mol. The molecular weight excluding hydrogens is 544 g/mol. The van der Waals surface area contributed by atoms with E-state index in [9.17, 15) is 13.2 Å². The number of ether oxygens (including phenoxy) is 4. The molecule has 0 radical (unpaired) electrons. The SMILES string of the molecule is COc1ccc2c(C(=O)c3cc(OC)c(OC)c(OC)c3)cn(S(=O)(=O)c3cccc4c(N(C)C)cccc34)c2c1. The maximum Gasteiger partial charge on any atom is 0.268 e. The number of fused-ring (bicyclic) bond motifs is 2. The van der Waals surface area contributed by atoms with Crippen molar-refractivity contribution >= 4 is 43.2 Å². The van der Waals surface area contributed by atoms with Crippen molar-refractivity contribution < 1.29 is 32.2 Å². The second-order valence-electron chi connectivity index (χ2n) is 9.49. The predicted octanol–water partition coefficient (Wildman–Crippen LogP) is 5.36. The third kappa shape index (κ3) is 4.59. The molecule has 0 amide bonds. The number of anilines is 1. The van der Waals surface area contributed by atoms with Gasteiger partial charge >= 0.3 is 0 Å². The Hall–Kier alpha value is -4.70. The van der Waals surface area contributed by atoms with Gasteiger partial charge < -0.3 is 23.8 Å². The molecule has 212 valence electrons. The van der Waals surface area contributed by atoms with Crippen LogP contribution < -0.4 is 23.8 Å². The smallest absolute Gasteiger partial charge is 0.268 e. The van der Waals surface area contributed by atoms with Gasteiger partial charge in [0.05, 0.1) is 38.9 Å². The third-order valence-electron chi connectivity index (χ3n) is 7.03. The fraction of sp³-hybridized carbons (Fsp3) is 0.194. The molecule has 0 aliphatic carbocycles.